The van der Waals surface area contributed by atoms with Crippen molar-refractivity contribution in [3.63, 3.8) is 0 Å². The lowest BCUT2D eigenvalue weighted by atomic mass is 9.86. The minimum absolute atomic E-state index is 0.161. The van der Waals surface area contributed by atoms with Crippen molar-refractivity contribution >= 4 is 11.7 Å². The lowest BCUT2D eigenvalue weighted by molar-refractivity contribution is 0.0951. The van der Waals surface area contributed by atoms with Gasteiger partial charge in [0.05, 0.1) is 29.8 Å². The smallest absolute Gasteiger partial charge is 0.223 e. The summed E-state index contributed by atoms with van der Waals surface area (Å²) in [5, 5.41) is 3.14. The van der Waals surface area contributed by atoms with Gasteiger partial charge < -0.3 is 9.73 Å². The predicted molar refractivity (Wildman–Crippen MR) is 74.6 cm³/mol. The quantitative estimate of drug-likeness (QED) is 0.929. The van der Waals surface area contributed by atoms with Gasteiger partial charge in [-0.1, -0.05) is 6.92 Å². The van der Waals surface area contributed by atoms with E-state index in [4.69, 9.17) is 4.42 Å². The molecule has 0 unspecified atom stereocenters. The molecule has 2 aromatic rings. The van der Waals surface area contributed by atoms with Crippen molar-refractivity contribution in [3.05, 3.63) is 41.1 Å². The van der Waals surface area contributed by atoms with Gasteiger partial charge in [-0.15, -0.1) is 0 Å². The van der Waals surface area contributed by atoms with Crippen molar-refractivity contribution in [1.29, 1.82) is 0 Å². The Morgan fingerprint density at radius 3 is 3.00 bits per heavy atom. The average Bonchev–Trinajstić information content (AvgIpc) is 2.88. The average molecular weight is 271 g/mol. The molecule has 0 radical (unpaired) electrons. The van der Waals surface area contributed by atoms with E-state index in [1.807, 2.05) is 19.1 Å². The van der Waals surface area contributed by atoms with Crippen LogP contribution in [0.1, 0.15) is 40.9 Å². The first kappa shape index (κ1) is 12.8. The normalized spacial score (nSPS) is 17.9. The molecule has 20 heavy (non-hydrogen) atoms. The van der Waals surface area contributed by atoms with E-state index >= 15 is 0 Å². The number of aryl methyl sites for hydroxylation is 1. The Balaban J connectivity index is 1.85. The maximum atomic E-state index is 12.1. The summed E-state index contributed by atoms with van der Waals surface area (Å²) in [7, 11) is 0. The molecule has 0 saturated heterocycles. The second-order valence-electron chi connectivity index (χ2n) is 5.32. The van der Waals surface area contributed by atoms with Crippen LogP contribution in [0.4, 0.5) is 5.95 Å². The lowest BCUT2D eigenvalue weighted by Crippen LogP contribution is -2.22. The highest BCUT2D eigenvalue weighted by Gasteiger charge is 2.26. The second-order valence-corrected chi connectivity index (χ2v) is 5.32. The van der Waals surface area contributed by atoms with Gasteiger partial charge in [0.1, 0.15) is 5.76 Å². The van der Waals surface area contributed by atoms with Crippen LogP contribution in [-0.4, -0.2) is 15.8 Å². The fourth-order valence-corrected chi connectivity index (χ4v) is 2.62. The minimum atomic E-state index is 0.161. The van der Waals surface area contributed by atoms with Crippen molar-refractivity contribution in [3.8, 4) is 0 Å². The van der Waals surface area contributed by atoms with Crippen LogP contribution in [0.15, 0.2) is 22.8 Å². The number of carbonyl (C=O) groups excluding carboxylic acids is 1. The van der Waals surface area contributed by atoms with Crippen LogP contribution in [0.5, 0.6) is 0 Å². The van der Waals surface area contributed by atoms with Crippen molar-refractivity contribution < 1.29 is 9.21 Å². The third kappa shape index (κ3) is 2.43. The Kier molecular flexibility index (Phi) is 3.26. The van der Waals surface area contributed by atoms with Gasteiger partial charge in [-0.25, -0.2) is 9.97 Å². The zero-order valence-electron chi connectivity index (χ0n) is 11.6. The minimum Gasteiger partial charge on any atom is -0.467 e. The fourth-order valence-electron chi connectivity index (χ4n) is 2.62. The Morgan fingerprint density at radius 1 is 1.40 bits per heavy atom. The van der Waals surface area contributed by atoms with Gasteiger partial charge in [-0.3, -0.25) is 4.79 Å². The van der Waals surface area contributed by atoms with Gasteiger partial charge in [0.2, 0.25) is 5.95 Å². The molecule has 5 nitrogen and oxygen atoms in total. The summed E-state index contributed by atoms with van der Waals surface area (Å²) in [5.41, 5.74) is 2.34. The largest absolute Gasteiger partial charge is 0.467 e. The molecule has 3 rings (SSSR count). The Hall–Kier alpha value is -2.17. The number of nitrogens with one attached hydrogen (secondary N) is 1. The molecule has 1 atom stereocenters. The molecule has 0 aliphatic heterocycles. The number of nitrogens with zero attached hydrogens (tertiary/aromatic N) is 2. The van der Waals surface area contributed by atoms with Gasteiger partial charge in [0, 0.05) is 6.42 Å². The van der Waals surface area contributed by atoms with Crippen LogP contribution >= 0.6 is 0 Å². The molecule has 1 N–H and O–H groups in total. The molecule has 0 fully saturated rings. The van der Waals surface area contributed by atoms with Crippen LogP contribution in [0.2, 0.25) is 0 Å². The maximum Gasteiger partial charge on any atom is 0.223 e. The summed E-state index contributed by atoms with van der Waals surface area (Å²) >= 11 is 0. The van der Waals surface area contributed by atoms with E-state index in [0.29, 0.717) is 30.4 Å². The number of aromatic nitrogens is 2. The predicted octanol–water partition coefficient (Wildman–Crippen LogP) is 2.76. The molecule has 1 aliphatic carbocycles. The van der Waals surface area contributed by atoms with Crippen molar-refractivity contribution in [2.75, 3.05) is 5.32 Å². The SMILES string of the molecule is Cc1nc(NCc2ccco2)nc2c1C(=O)C[C@@H](C)C2. The molecule has 2 aromatic heterocycles. The number of carbonyl (C=O) groups is 1. The first-order valence-electron chi connectivity index (χ1n) is 6.80. The summed E-state index contributed by atoms with van der Waals surface area (Å²) in [6, 6.07) is 3.74. The van der Waals surface area contributed by atoms with E-state index in [1.165, 1.54) is 0 Å². The molecule has 0 saturated carbocycles. The molecule has 5 heteroatoms. The van der Waals surface area contributed by atoms with Gasteiger partial charge in [-0.2, -0.15) is 0 Å². The van der Waals surface area contributed by atoms with Gasteiger partial charge in [0.15, 0.2) is 5.78 Å². The maximum absolute atomic E-state index is 12.1. The summed E-state index contributed by atoms with van der Waals surface area (Å²) < 4.78 is 5.26. The van der Waals surface area contributed by atoms with E-state index in [-0.39, 0.29) is 5.78 Å². The van der Waals surface area contributed by atoms with E-state index in [0.717, 1.165) is 23.6 Å². The van der Waals surface area contributed by atoms with E-state index in [2.05, 4.69) is 22.2 Å². The number of Topliss-reactive ketones (excluding diaryl/α,β-unsaturated/α-hetero) is 1. The molecular formula is C15H17N3O2. The topological polar surface area (TPSA) is 68.0 Å². The third-order valence-electron chi connectivity index (χ3n) is 3.52. The molecule has 2 heterocycles. The molecule has 0 spiro atoms. The summed E-state index contributed by atoms with van der Waals surface area (Å²) in [6.07, 6.45) is 3.06. The van der Waals surface area contributed by atoms with Crippen LogP contribution in [0.25, 0.3) is 0 Å². The molecule has 0 amide bonds. The van der Waals surface area contributed by atoms with Crippen molar-refractivity contribution in [1.82, 2.24) is 9.97 Å². The highest BCUT2D eigenvalue weighted by molar-refractivity contribution is 5.99. The molecule has 0 aromatic carbocycles. The zero-order chi connectivity index (χ0) is 14.1. The first-order chi connectivity index (χ1) is 9.63. The van der Waals surface area contributed by atoms with Crippen LogP contribution in [0, 0.1) is 12.8 Å². The van der Waals surface area contributed by atoms with Gasteiger partial charge in [-0.05, 0) is 31.4 Å². The van der Waals surface area contributed by atoms with E-state index < -0.39 is 0 Å². The lowest BCUT2D eigenvalue weighted by Gasteiger charge is -2.21. The number of anilines is 1. The third-order valence-corrected chi connectivity index (χ3v) is 3.52. The number of furan rings is 1. The summed E-state index contributed by atoms with van der Waals surface area (Å²) in [6.45, 7) is 4.48. The number of ketones is 1. The number of fused-ring (bicyclic) bond motifs is 1. The van der Waals surface area contributed by atoms with Crippen molar-refractivity contribution in [2.45, 2.75) is 33.2 Å². The molecule has 0 bridgehead atoms. The fraction of sp³-hybridized carbons (Fsp3) is 0.400. The molecule has 1 aliphatic rings. The first-order valence-corrected chi connectivity index (χ1v) is 6.80. The second kappa shape index (κ2) is 5.07. The molecular weight excluding hydrogens is 254 g/mol. The van der Waals surface area contributed by atoms with E-state index in [1.54, 1.807) is 6.26 Å². The van der Waals surface area contributed by atoms with Crippen LogP contribution < -0.4 is 5.32 Å². The number of hydrogen-bond acceptors (Lipinski definition) is 5. The summed E-state index contributed by atoms with van der Waals surface area (Å²) in [4.78, 5) is 20.9. The van der Waals surface area contributed by atoms with Gasteiger partial charge in [0.25, 0.3) is 0 Å². The van der Waals surface area contributed by atoms with Crippen LogP contribution in [0.3, 0.4) is 0 Å². The Morgan fingerprint density at radius 2 is 2.25 bits per heavy atom. The van der Waals surface area contributed by atoms with Crippen LogP contribution in [-0.2, 0) is 13.0 Å². The highest BCUT2D eigenvalue weighted by atomic mass is 16.3. The number of hydrogen-bond donors (Lipinski definition) is 1. The van der Waals surface area contributed by atoms with Crippen molar-refractivity contribution in [2.24, 2.45) is 5.92 Å². The molecule has 104 valence electrons. The van der Waals surface area contributed by atoms with E-state index in [9.17, 15) is 4.79 Å². The van der Waals surface area contributed by atoms with Gasteiger partial charge >= 0.3 is 0 Å². The number of rotatable bonds is 3. The summed E-state index contributed by atoms with van der Waals surface area (Å²) in [5.74, 6) is 1.89. The Labute approximate surface area is 117 Å². The highest BCUT2D eigenvalue weighted by Crippen LogP contribution is 2.26. The standard InChI is InChI=1S/C15H17N3O2/c1-9-6-12-14(13(19)7-9)10(2)17-15(18-12)16-8-11-4-3-5-20-11/h3-5,9H,6-8H2,1-2H3,(H,16,17,18)/t9-/m0/s1. The zero-order valence-corrected chi connectivity index (χ0v) is 11.6. The monoisotopic (exact) mass is 271 g/mol. The Bertz CT molecular complexity index is 635.